The first-order valence-electron chi connectivity index (χ1n) is 25.4. The lowest BCUT2D eigenvalue weighted by Crippen LogP contribution is -2.42. The van der Waals surface area contributed by atoms with Gasteiger partial charge in [0.25, 0.3) is 0 Å². The molecule has 2 aliphatic rings. The molecule has 2 aliphatic heterocycles. The van der Waals surface area contributed by atoms with Gasteiger partial charge in [0.1, 0.15) is 11.5 Å². The normalized spacial score (nSPS) is 20.6. The van der Waals surface area contributed by atoms with Gasteiger partial charge in [-0.2, -0.15) is 8.61 Å². The van der Waals surface area contributed by atoms with Crippen LogP contribution in [0.1, 0.15) is 183 Å². The molecule has 2 heterocycles. The summed E-state index contributed by atoms with van der Waals surface area (Å²) >= 11 is 0. The summed E-state index contributed by atoms with van der Waals surface area (Å²) in [6.07, 6.45) is -1.23. The first-order chi connectivity index (χ1) is 33.1. The number of carbonyl (C=O) groups excluding carboxylic acids is 2. The Morgan fingerprint density at radius 1 is 0.528 bits per heavy atom. The lowest BCUT2D eigenvalue weighted by atomic mass is 9.80. The van der Waals surface area contributed by atoms with E-state index in [4.69, 9.17) is 18.9 Å². The zero-order valence-electron chi connectivity index (χ0n) is 46.0. The van der Waals surface area contributed by atoms with Crippen LogP contribution in [0.5, 0.6) is 11.5 Å². The minimum Gasteiger partial charge on any atom is -0.426 e. The summed E-state index contributed by atoms with van der Waals surface area (Å²) in [5, 5.41) is 0. The van der Waals surface area contributed by atoms with E-state index in [1.165, 1.54) is 22.5 Å². The van der Waals surface area contributed by atoms with Crippen molar-refractivity contribution in [1.29, 1.82) is 0 Å². The molecule has 394 valence electrons. The molecule has 6 rings (SSSR count). The molecule has 0 amide bonds. The van der Waals surface area contributed by atoms with Gasteiger partial charge in [-0.05, 0) is 104 Å². The van der Waals surface area contributed by atoms with Crippen molar-refractivity contribution < 1.29 is 45.4 Å². The highest BCUT2D eigenvalue weighted by Crippen LogP contribution is 2.53. The summed E-state index contributed by atoms with van der Waals surface area (Å²) in [6.45, 7) is 35.2. The van der Waals surface area contributed by atoms with E-state index in [-0.39, 0.29) is 68.3 Å². The van der Waals surface area contributed by atoms with Gasteiger partial charge >= 0.3 is 11.9 Å². The van der Waals surface area contributed by atoms with Crippen molar-refractivity contribution in [1.82, 2.24) is 8.61 Å². The van der Waals surface area contributed by atoms with E-state index >= 15 is 16.8 Å². The molecular weight excluding hydrogens is 949 g/mol. The number of rotatable bonds is 13. The van der Waals surface area contributed by atoms with E-state index in [2.05, 4.69) is 41.5 Å². The molecule has 0 spiro atoms. The van der Waals surface area contributed by atoms with Crippen LogP contribution in [0.25, 0.3) is 11.1 Å². The minimum atomic E-state index is -4.29. The standard InChI is InChI=1S/C58H80N2O10S2/c1-19-35(3)49-33-67-53(59(49)71(63,64)43-25-21-39(22-26-43)55(7,8)9)47-31-41(57(13,14)15)29-45(51(47)69-37(5)61)46-30-42(58(16,17)18)32-48(52(46)70-38(6)62)54-60(50(34-68-54)36(4)20-2)72(65,66)44-27-23-40(24-28-44)56(10,11)12/h21-32,35-36,49-50,53-54H,19-20,33-34H2,1-18H3/t35?,36?,49-,50-,53+,54+/m1/s1. The molecule has 0 bridgehead atoms. The van der Waals surface area contributed by atoms with Crippen LogP contribution >= 0.6 is 0 Å². The van der Waals surface area contributed by atoms with Crippen molar-refractivity contribution in [3.63, 3.8) is 0 Å². The molecule has 2 saturated heterocycles. The van der Waals surface area contributed by atoms with Gasteiger partial charge in [0.15, 0.2) is 12.5 Å². The molecule has 2 unspecified atom stereocenters. The predicted molar refractivity (Wildman–Crippen MR) is 284 cm³/mol. The average Bonchev–Trinajstić information content (AvgIpc) is 3.94. The summed E-state index contributed by atoms with van der Waals surface area (Å²) < 4.78 is 90.0. The Kier molecular flexibility index (Phi) is 16.3. The number of sulfonamides is 2. The highest BCUT2D eigenvalue weighted by molar-refractivity contribution is 7.89. The van der Waals surface area contributed by atoms with Gasteiger partial charge in [0.05, 0.1) is 35.1 Å². The number of ether oxygens (including phenoxy) is 4. The van der Waals surface area contributed by atoms with E-state index in [1.807, 2.05) is 118 Å². The zero-order chi connectivity index (χ0) is 53.8. The van der Waals surface area contributed by atoms with Gasteiger partial charge in [-0.3, -0.25) is 9.59 Å². The van der Waals surface area contributed by atoms with Crippen LogP contribution in [0.4, 0.5) is 0 Å². The third-order valence-corrected chi connectivity index (χ3v) is 18.2. The van der Waals surface area contributed by atoms with Gasteiger partial charge in [-0.25, -0.2) is 16.8 Å². The zero-order valence-corrected chi connectivity index (χ0v) is 47.6. The molecule has 12 nitrogen and oxygen atoms in total. The van der Waals surface area contributed by atoms with Crippen molar-refractivity contribution >= 4 is 32.0 Å². The number of esters is 2. The van der Waals surface area contributed by atoms with Crippen LogP contribution in [0, 0.1) is 11.8 Å². The Balaban J connectivity index is 1.71. The average molecular weight is 1030 g/mol. The second-order valence-electron chi connectivity index (χ2n) is 24.1. The van der Waals surface area contributed by atoms with Crippen LogP contribution in [0.15, 0.2) is 82.6 Å². The van der Waals surface area contributed by atoms with Crippen molar-refractivity contribution in [3.8, 4) is 22.6 Å². The second-order valence-corrected chi connectivity index (χ2v) is 27.8. The van der Waals surface area contributed by atoms with Crippen LogP contribution in [-0.4, -0.2) is 62.7 Å². The minimum absolute atomic E-state index is 0.00670. The number of hydrogen-bond acceptors (Lipinski definition) is 10. The van der Waals surface area contributed by atoms with Crippen molar-refractivity contribution in [2.45, 2.75) is 193 Å². The van der Waals surface area contributed by atoms with Gasteiger partial charge < -0.3 is 18.9 Å². The molecule has 0 N–H and O–H groups in total. The quantitative estimate of drug-likeness (QED) is 0.0937. The largest absolute Gasteiger partial charge is 0.426 e. The Morgan fingerprint density at radius 2 is 0.819 bits per heavy atom. The maximum atomic E-state index is 15.3. The molecule has 4 aromatic rings. The molecule has 0 radical (unpaired) electrons. The van der Waals surface area contributed by atoms with Gasteiger partial charge in [0, 0.05) is 36.1 Å². The van der Waals surface area contributed by atoms with Gasteiger partial charge in [-0.15, -0.1) is 0 Å². The lowest BCUT2D eigenvalue weighted by molar-refractivity contribution is -0.133. The van der Waals surface area contributed by atoms with Crippen LogP contribution < -0.4 is 9.47 Å². The van der Waals surface area contributed by atoms with E-state index in [9.17, 15) is 9.59 Å². The molecule has 0 saturated carbocycles. The maximum absolute atomic E-state index is 15.3. The topological polar surface area (TPSA) is 146 Å². The summed E-state index contributed by atoms with van der Waals surface area (Å²) in [6, 6.07) is 20.1. The highest BCUT2D eigenvalue weighted by atomic mass is 32.2. The smallest absolute Gasteiger partial charge is 0.308 e. The third kappa shape index (κ3) is 11.6. The molecule has 0 aromatic heterocycles. The summed E-state index contributed by atoms with van der Waals surface area (Å²) in [5.41, 5.74) is 2.98. The van der Waals surface area contributed by atoms with Crippen LogP contribution in [-0.2, 0) is 60.8 Å². The van der Waals surface area contributed by atoms with E-state index in [1.54, 1.807) is 24.3 Å². The fraction of sp³-hybridized carbons (Fsp3) is 0.552. The van der Waals surface area contributed by atoms with Crippen molar-refractivity contribution in [3.05, 3.63) is 106 Å². The Morgan fingerprint density at radius 3 is 1.07 bits per heavy atom. The van der Waals surface area contributed by atoms with Gasteiger partial charge in [-0.1, -0.05) is 148 Å². The summed E-state index contributed by atoms with van der Waals surface area (Å²) in [5.74, 6) is -1.63. The molecule has 4 aromatic carbocycles. The van der Waals surface area contributed by atoms with E-state index in [0.29, 0.717) is 24.0 Å². The molecular formula is C58H80N2O10S2. The third-order valence-electron chi connectivity index (χ3n) is 14.4. The van der Waals surface area contributed by atoms with E-state index in [0.717, 1.165) is 22.3 Å². The molecule has 2 fully saturated rings. The Labute approximate surface area is 431 Å². The fourth-order valence-corrected chi connectivity index (χ4v) is 13.0. The summed E-state index contributed by atoms with van der Waals surface area (Å²) in [7, 11) is -8.58. The summed E-state index contributed by atoms with van der Waals surface area (Å²) in [4.78, 5) is 27.3. The Hall–Kier alpha value is -4.44. The fourth-order valence-electron chi connectivity index (χ4n) is 9.41. The van der Waals surface area contributed by atoms with Crippen LogP contribution in [0.2, 0.25) is 0 Å². The first-order valence-corrected chi connectivity index (χ1v) is 28.3. The van der Waals surface area contributed by atoms with Crippen molar-refractivity contribution in [2.24, 2.45) is 11.8 Å². The number of nitrogens with zero attached hydrogens (tertiary/aromatic N) is 2. The number of benzene rings is 4. The SMILES string of the molecule is CCC(C)[C@H]1CO[C@@H](c2cc(C(C)(C)C)cc(-c3cc(C(C)(C)C)cc([C@@H]4OC[C@H](C(C)CC)N4S(=O)(=O)c4ccc(C(C)(C)C)cc4)c3OC(C)=O)c2OC(C)=O)N1S(=O)(=O)c1ccc(C(C)(C)C)cc1. The molecule has 14 heteroatoms. The molecule has 6 atom stereocenters. The van der Waals surface area contributed by atoms with E-state index < -0.39 is 67.4 Å². The predicted octanol–water partition coefficient (Wildman–Crippen LogP) is 12.7. The second kappa shape index (κ2) is 20.7. The monoisotopic (exact) mass is 1030 g/mol. The highest BCUT2D eigenvalue weighted by Gasteiger charge is 2.50. The molecule has 0 aliphatic carbocycles. The molecule has 72 heavy (non-hydrogen) atoms. The van der Waals surface area contributed by atoms with Crippen LogP contribution in [0.3, 0.4) is 0 Å². The number of carbonyl (C=O) groups is 2. The first kappa shape index (κ1) is 56.8. The maximum Gasteiger partial charge on any atom is 0.308 e. The Bertz CT molecular complexity index is 2670. The van der Waals surface area contributed by atoms with Crippen molar-refractivity contribution in [2.75, 3.05) is 13.2 Å². The number of hydrogen-bond donors (Lipinski definition) is 0. The lowest BCUT2D eigenvalue weighted by Gasteiger charge is -2.34. The van der Waals surface area contributed by atoms with Gasteiger partial charge in [0.2, 0.25) is 20.0 Å².